The van der Waals surface area contributed by atoms with E-state index in [1.807, 2.05) is 13.0 Å². The van der Waals surface area contributed by atoms with Crippen molar-refractivity contribution in [3.8, 4) is 0 Å². The first-order valence-corrected chi connectivity index (χ1v) is 3.80. The van der Waals surface area contributed by atoms with Crippen molar-refractivity contribution in [2.24, 2.45) is 0 Å². The summed E-state index contributed by atoms with van der Waals surface area (Å²) in [5.41, 5.74) is 2.32. The summed E-state index contributed by atoms with van der Waals surface area (Å²) in [7, 11) is 0. The summed E-state index contributed by atoms with van der Waals surface area (Å²) in [5.74, 6) is 1.84. The van der Waals surface area contributed by atoms with Gasteiger partial charge in [-0.25, -0.2) is 0 Å². The molecular formula is C9H11NO. The predicted molar refractivity (Wildman–Crippen MR) is 45.6 cm³/mol. The maximum Gasteiger partial charge on any atom is 0.200 e. The van der Waals surface area contributed by atoms with Gasteiger partial charge in [-0.15, -0.1) is 0 Å². The lowest BCUT2D eigenvalue weighted by atomic mass is 10.0. The second kappa shape index (κ2) is 2.16. The molecule has 0 fully saturated rings. The second-order valence-electron chi connectivity index (χ2n) is 2.88. The Morgan fingerprint density at radius 2 is 2.45 bits per heavy atom. The third-order valence-electron chi connectivity index (χ3n) is 1.95. The molecule has 11 heavy (non-hydrogen) atoms. The first kappa shape index (κ1) is 6.53. The van der Waals surface area contributed by atoms with Crippen LogP contribution < -0.4 is 5.32 Å². The molecule has 0 bridgehead atoms. The molecular weight excluding hydrogens is 138 g/mol. The summed E-state index contributed by atoms with van der Waals surface area (Å²) < 4.78 is 5.40. The summed E-state index contributed by atoms with van der Waals surface area (Å²) >= 11 is 0. The van der Waals surface area contributed by atoms with Crippen molar-refractivity contribution in [2.75, 3.05) is 11.9 Å². The minimum atomic E-state index is 0.888. The van der Waals surface area contributed by atoms with E-state index in [1.54, 1.807) is 0 Å². The van der Waals surface area contributed by atoms with Crippen LogP contribution in [0.3, 0.4) is 0 Å². The van der Waals surface area contributed by atoms with E-state index < -0.39 is 0 Å². The van der Waals surface area contributed by atoms with Crippen LogP contribution in [0.25, 0.3) is 5.57 Å². The summed E-state index contributed by atoms with van der Waals surface area (Å²) in [6.45, 7) is 6.86. The first-order chi connectivity index (χ1) is 5.27. The summed E-state index contributed by atoms with van der Waals surface area (Å²) in [5, 5.41) is 3.19. The molecule has 0 aliphatic carbocycles. The number of hydrogen-bond donors (Lipinski definition) is 1. The highest BCUT2D eigenvalue weighted by molar-refractivity contribution is 5.75. The highest BCUT2D eigenvalue weighted by atomic mass is 16.4. The van der Waals surface area contributed by atoms with Crippen LogP contribution in [0.4, 0.5) is 5.88 Å². The van der Waals surface area contributed by atoms with Crippen molar-refractivity contribution in [3.05, 3.63) is 24.0 Å². The minimum Gasteiger partial charge on any atom is -0.445 e. The van der Waals surface area contributed by atoms with Gasteiger partial charge in [-0.3, -0.25) is 0 Å². The maximum absolute atomic E-state index is 5.40. The maximum atomic E-state index is 5.40. The monoisotopic (exact) mass is 149 g/mol. The molecule has 2 heteroatoms. The Morgan fingerprint density at radius 1 is 1.64 bits per heavy atom. The lowest BCUT2D eigenvalue weighted by Gasteiger charge is -2.13. The summed E-state index contributed by atoms with van der Waals surface area (Å²) in [6.07, 6.45) is 1.02. The quantitative estimate of drug-likeness (QED) is 0.612. The molecule has 58 valence electrons. The van der Waals surface area contributed by atoms with E-state index >= 15 is 0 Å². The van der Waals surface area contributed by atoms with E-state index in [0.29, 0.717) is 0 Å². The molecule has 1 N–H and O–H groups in total. The van der Waals surface area contributed by atoms with Crippen LogP contribution in [0.15, 0.2) is 17.1 Å². The Morgan fingerprint density at radius 3 is 3.18 bits per heavy atom. The third kappa shape index (κ3) is 0.946. The topological polar surface area (TPSA) is 25.2 Å². The number of aryl methyl sites for hydroxylation is 1. The standard InChI is InChI=1S/C9H11NO/c1-6-3-4-10-9-8(6)5-7(2)11-9/h5,10H,1,3-4H2,2H3. The van der Waals surface area contributed by atoms with Gasteiger partial charge >= 0.3 is 0 Å². The Labute approximate surface area is 65.9 Å². The minimum absolute atomic E-state index is 0.888. The molecule has 2 rings (SSSR count). The fourth-order valence-corrected chi connectivity index (χ4v) is 1.37. The van der Waals surface area contributed by atoms with Crippen LogP contribution in [-0.2, 0) is 0 Å². The largest absolute Gasteiger partial charge is 0.445 e. The molecule has 2 nitrogen and oxygen atoms in total. The van der Waals surface area contributed by atoms with Gasteiger partial charge in [0.15, 0.2) is 0 Å². The van der Waals surface area contributed by atoms with E-state index in [-0.39, 0.29) is 0 Å². The van der Waals surface area contributed by atoms with Crippen LogP contribution in [0, 0.1) is 6.92 Å². The molecule has 1 aromatic heterocycles. The summed E-state index contributed by atoms with van der Waals surface area (Å²) in [6, 6.07) is 2.03. The van der Waals surface area contributed by atoms with Gasteiger partial charge in [-0.2, -0.15) is 0 Å². The van der Waals surface area contributed by atoms with Crippen LogP contribution >= 0.6 is 0 Å². The number of anilines is 1. The Kier molecular flexibility index (Phi) is 1.28. The summed E-state index contributed by atoms with van der Waals surface area (Å²) in [4.78, 5) is 0. The molecule has 1 aromatic rings. The number of rotatable bonds is 0. The number of furan rings is 1. The second-order valence-corrected chi connectivity index (χ2v) is 2.88. The Bertz CT molecular complexity index is 299. The molecule has 0 saturated heterocycles. The molecule has 0 amide bonds. The van der Waals surface area contributed by atoms with Crippen LogP contribution in [-0.4, -0.2) is 6.54 Å². The average Bonchev–Trinajstić information content (AvgIpc) is 2.31. The van der Waals surface area contributed by atoms with E-state index in [0.717, 1.165) is 30.2 Å². The van der Waals surface area contributed by atoms with Gasteiger partial charge in [-0.05, 0) is 25.0 Å². The molecule has 2 heterocycles. The number of nitrogens with one attached hydrogen (secondary N) is 1. The first-order valence-electron chi connectivity index (χ1n) is 3.80. The van der Waals surface area contributed by atoms with Crippen molar-refractivity contribution in [1.82, 2.24) is 0 Å². The fourth-order valence-electron chi connectivity index (χ4n) is 1.37. The third-order valence-corrected chi connectivity index (χ3v) is 1.95. The van der Waals surface area contributed by atoms with Gasteiger partial charge < -0.3 is 9.73 Å². The van der Waals surface area contributed by atoms with Crippen LogP contribution in [0.2, 0.25) is 0 Å². The van der Waals surface area contributed by atoms with Gasteiger partial charge in [0.05, 0.1) is 0 Å². The van der Waals surface area contributed by atoms with Gasteiger partial charge in [0.2, 0.25) is 5.88 Å². The van der Waals surface area contributed by atoms with E-state index in [9.17, 15) is 0 Å². The Hall–Kier alpha value is -1.18. The molecule has 0 aromatic carbocycles. The normalized spacial score (nSPS) is 15.9. The van der Waals surface area contributed by atoms with E-state index in [2.05, 4.69) is 11.9 Å². The van der Waals surface area contributed by atoms with E-state index in [1.165, 1.54) is 5.57 Å². The zero-order chi connectivity index (χ0) is 7.84. The molecule has 0 unspecified atom stereocenters. The SMILES string of the molecule is C=C1CCNc2oc(C)cc21. The van der Waals surface area contributed by atoms with Crippen LogP contribution in [0.5, 0.6) is 0 Å². The van der Waals surface area contributed by atoms with Crippen molar-refractivity contribution in [3.63, 3.8) is 0 Å². The zero-order valence-corrected chi connectivity index (χ0v) is 6.61. The lowest BCUT2D eigenvalue weighted by molar-refractivity contribution is 0.544. The van der Waals surface area contributed by atoms with Crippen molar-refractivity contribution in [1.29, 1.82) is 0 Å². The lowest BCUT2D eigenvalue weighted by Crippen LogP contribution is -2.08. The van der Waals surface area contributed by atoms with Crippen molar-refractivity contribution in [2.45, 2.75) is 13.3 Å². The van der Waals surface area contributed by atoms with E-state index in [4.69, 9.17) is 4.42 Å². The van der Waals surface area contributed by atoms with Gasteiger partial charge in [0.1, 0.15) is 5.76 Å². The molecule has 0 spiro atoms. The zero-order valence-electron chi connectivity index (χ0n) is 6.61. The van der Waals surface area contributed by atoms with Gasteiger partial charge in [0.25, 0.3) is 0 Å². The Balaban J connectivity index is 2.52. The number of hydrogen-bond acceptors (Lipinski definition) is 2. The molecule has 0 saturated carbocycles. The van der Waals surface area contributed by atoms with Crippen LogP contribution in [0.1, 0.15) is 17.7 Å². The molecule has 1 aliphatic heterocycles. The number of fused-ring (bicyclic) bond motifs is 1. The highest BCUT2D eigenvalue weighted by Gasteiger charge is 2.15. The molecule has 0 radical (unpaired) electrons. The van der Waals surface area contributed by atoms with Crippen molar-refractivity contribution < 1.29 is 4.42 Å². The predicted octanol–water partition coefficient (Wildman–Crippen LogP) is 2.42. The van der Waals surface area contributed by atoms with Crippen molar-refractivity contribution >= 4 is 11.5 Å². The smallest absolute Gasteiger partial charge is 0.200 e. The molecule has 1 aliphatic rings. The highest BCUT2D eigenvalue weighted by Crippen LogP contribution is 2.31. The fraction of sp³-hybridized carbons (Fsp3) is 0.333. The van der Waals surface area contributed by atoms with Gasteiger partial charge in [-0.1, -0.05) is 6.58 Å². The van der Waals surface area contributed by atoms with Gasteiger partial charge in [0, 0.05) is 12.1 Å². The average molecular weight is 149 g/mol. The molecule has 0 atom stereocenters.